The maximum Gasteiger partial charge on any atom is 0.274 e. The summed E-state index contributed by atoms with van der Waals surface area (Å²) in [5.74, 6) is 1.05. The number of nitrogens with zero attached hydrogens (tertiary/aromatic N) is 3. The fourth-order valence-electron chi connectivity index (χ4n) is 5.41. The first-order valence-corrected chi connectivity index (χ1v) is 12.0. The van der Waals surface area contributed by atoms with Crippen LogP contribution < -0.4 is 10.5 Å². The first-order valence-electron chi connectivity index (χ1n) is 11.7. The number of nitrogens with one attached hydrogen (secondary N) is 1. The molecule has 0 unspecified atom stereocenters. The molecule has 4 aromatic rings. The van der Waals surface area contributed by atoms with E-state index in [0.29, 0.717) is 41.4 Å². The van der Waals surface area contributed by atoms with Gasteiger partial charge < -0.3 is 14.6 Å². The van der Waals surface area contributed by atoms with E-state index in [2.05, 4.69) is 4.98 Å². The standard InChI is InChI=1S/C26H25ClN4O3.ClH/c1-14-11-22-20(13-19(14)26(33)30-8-5-17-12-18(27)3-4-21(17)30)29-25(32)23-15(2)28-24(31(22)23)16-6-9-34-10-7-16;/h3-4,11-13,16H,5-10H2,1-2H3,(H,29,32);1H. The van der Waals surface area contributed by atoms with Crippen molar-refractivity contribution in [3.05, 3.63) is 73.9 Å². The van der Waals surface area contributed by atoms with Crippen LogP contribution in [0.5, 0.6) is 0 Å². The number of hydrogen-bond acceptors (Lipinski definition) is 4. The molecule has 6 rings (SSSR count). The lowest BCUT2D eigenvalue weighted by Gasteiger charge is -2.22. The SMILES string of the molecule is Cc1cc2c(cc1C(=O)N1CCc3cc(Cl)ccc31)[nH]c(=O)c1c(C)nc(C3CCOCC3)n12.Cl. The first-order chi connectivity index (χ1) is 16.4. The zero-order valence-electron chi connectivity index (χ0n) is 19.6. The van der Waals surface area contributed by atoms with Gasteiger partial charge in [0, 0.05) is 41.9 Å². The Hall–Kier alpha value is -2.87. The summed E-state index contributed by atoms with van der Waals surface area (Å²) in [7, 11) is 0. The summed E-state index contributed by atoms with van der Waals surface area (Å²) in [6, 6.07) is 9.44. The van der Waals surface area contributed by atoms with Gasteiger partial charge in [-0.05, 0) is 74.6 Å². The van der Waals surface area contributed by atoms with Gasteiger partial charge in [0.15, 0.2) is 0 Å². The molecule has 2 aromatic heterocycles. The Bertz CT molecular complexity index is 1540. The number of benzene rings is 2. The fraction of sp³-hybridized carbons (Fsp3) is 0.346. The van der Waals surface area contributed by atoms with Crippen LogP contribution in [0, 0.1) is 13.8 Å². The topological polar surface area (TPSA) is 79.7 Å². The van der Waals surface area contributed by atoms with Crippen LogP contribution in [-0.4, -0.2) is 40.0 Å². The number of anilines is 1. The molecular weight excluding hydrogens is 487 g/mol. The third-order valence-corrected chi connectivity index (χ3v) is 7.36. The second kappa shape index (κ2) is 8.97. The van der Waals surface area contributed by atoms with Crippen molar-refractivity contribution in [2.75, 3.05) is 24.7 Å². The summed E-state index contributed by atoms with van der Waals surface area (Å²) < 4.78 is 7.53. The molecule has 182 valence electrons. The van der Waals surface area contributed by atoms with Crippen LogP contribution in [0.2, 0.25) is 5.02 Å². The minimum Gasteiger partial charge on any atom is -0.381 e. The lowest BCUT2D eigenvalue weighted by molar-refractivity contribution is 0.0835. The number of aromatic nitrogens is 3. The highest BCUT2D eigenvalue weighted by Crippen LogP contribution is 2.33. The molecule has 4 heterocycles. The van der Waals surface area contributed by atoms with Gasteiger partial charge in [-0.3, -0.25) is 14.0 Å². The Morgan fingerprint density at radius 1 is 1.17 bits per heavy atom. The molecule has 0 atom stereocenters. The monoisotopic (exact) mass is 512 g/mol. The number of H-pyrrole nitrogens is 1. The molecule has 0 saturated carbocycles. The van der Waals surface area contributed by atoms with E-state index in [0.717, 1.165) is 53.1 Å². The Morgan fingerprint density at radius 3 is 2.71 bits per heavy atom. The number of hydrogen-bond donors (Lipinski definition) is 1. The van der Waals surface area contributed by atoms with Crippen LogP contribution in [0.15, 0.2) is 35.1 Å². The summed E-state index contributed by atoms with van der Waals surface area (Å²) in [5, 5.41) is 0.674. The van der Waals surface area contributed by atoms with E-state index in [-0.39, 0.29) is 29.8 Å². The van der Waals surface area contributed by atoms with Crippen molar-refractivity contribution in [3.63, 3.8) is 0 Å². The Labute approximate surface area is 213 Å². The number of carbonyl (C=O) groups excluding carboxylic acids is 1. The number of ether oxygens (including phenoxy) is 1. The van der Waals surface area contributed by atoms with Crippen LogP contribution in [0.25, 0.3) is 16.6 Å². The second-order valence-electron chi connectivity index (χ2n) is 9.24. The van der Waals surface area contributed by atoms with Crippen molar-refractivity contribution >= 4 is 52.2 Å². The normalized spacial score (nSPS) is 16.0. The van der Waals surface area contributed by atoms with Crippen LogP contribution in [0.1, 0.15) is 51.8 Å². The van der Waals surface area contributed by atoms with Crippen molar-refractivity contribution in [2.24, 2.45) is 0 Å². The maximum absolute atomic E-state index is 13.6. The summed E-state index contributed by atoms with van der Waals surface area (Å²) in [4.78, 5) is 36.3. The molecule has 0 aliphatic carbocycles. The zero-order valence-corrected chi connectivity index (χ0v) is 21.1. The number of aromatic amines is 1. The van der Waals surface area contributed by atoms with Crippen LogP contribution in [0.3, 0.4) is 0 Å². The van der Waals surface area contributed by atoms with Gasteiger partial charge >= 0.3 is 0 Å². The molecule has 2 aliphatic rings. The van der Waals surface area contributed by atoms with Gasteiger partial charge in [0.2, 0.25) is 0 Å². The molecule has 2 aromatic carbocycles. The van der Waals surface area contributed by atoms with Gasteiger partial charge in [0.1, 0.15) is 11.3 Å². The zero-order chi connectivity index (χ0) is 23.6. The smallest absolute Gasteiger partial charge is 0.274 e. The van der Waals surface area contributed by atoms with Gasteiger partial charge in [-0.2, -0.15) is 0 Å². The third kappa shape index (κ3) is 3.82. The predicted molar refractivity (Wildman–Crippen MR) is 140 cm³/mol. The molecular formula is C26H26Cl2N4O3. The van der Waals surface area contributed by atoms with Crippen LogP contribution >= 0.6 is 24.0 Å². The molecule has 1 amide bonds. The number of carbonyl (C=O) groups is 1. The molecule has 0 radical (unpaired) electrons. The van der Waals surface area contributed by atoms with Gasteiger partial charge in [0.25, 0.3) is 11.5 Å². The highest BCUT2D eigenvalue weighted by molar-refractivity contribution is 6.30. The number of amides is 1. The lowest BCUT2D eigenvalue weighted by atomic mass is 9.99. The summed E-state index contributed by atoms with van der Waals surface area (Å²) >= 11 is 6.14. The third-order valence-electron chi connectivity index (χ3n) is 7.12. The summed E-state index contributed by atoms with van der Waals surface area (Å²) in [6.07, 6.45) is 2.52. The number of rotatable bonds is 2. The Kier molecular flexibility index (Phi) is 6.11. The van der Waals surface area contributed by atoms with Gasteiger partial charge in [-0.1, -0.05) is 11.6 Å². The summed E-state index contributed by atoms with van der Waals surface area (Å²) in [6.45, 7) is 5.82. The fourth-order valence-corrected chi connectivity index (χ4v) is 5.60. The van der Waals surface area contributed by atoms with E-state index in [1.165, 1.54) is 0 Å². The van der Waals surface area contributed by atoms with Gasteiger partial charge in [-0.15, -0.1) is 12.4 Å². The van der Waals surface area contributed by atoms with E-state index in [4.69, 9.17) is 21.3 Å². The highest BCUT2D eigenvalue weighted by atomic mass is 35.5. The molecule has 9 heteroatoms. The van der Waals surface area contributed by atoms with E-state index >= 15 is 0 Å². The van der Waals surface area contributed by atoms with Crippen molar-refractivity contribution in [1.82, 2.24) is 14.4 Å². The van der Waals surface area contributed by atoms with Crippen molar-refractivity contribution < 1.29 is 9.53 Å². The van der Waals surface area contributed by atoms with Gasteiger partial charge in [0.05, 0.1) is 16.7 Å². The Morgan fingerprint density at radius 2 is 1.94 bits per heavy atom. The number of aryl methyl sites for hydroxylation is 2. The summed E-state index contributed by atoms with van der Waals surface area (Å²) in [5.41, 5.74) is 5.99. The van der Waals surface area contributed by atoms with Crippen LogP contribution in [-0.2, 0) is 11.2 Å². The molecule has 1 fully saturated rings. The maximum atomic E-state index is 13.6. The van der Waals surface area contributed by atoms with Crippen LogP contribution in [0.4, 0.5) is 5.69 Å². The van der Waals surface area contributed by atoms with E-state index in [1.54, 1.807) is 4.90 Å². The lowest BCUT2D eigenvalue weighted by Crippen LogP contribution is -2.29. The molecule has 1 N–H and O–H groups in total. The highest BCUT2D eigenvalue weighted by Gasteiger charge is 2.28. The molecule has 0 bridgehead atoms. The number of imidazole rings is 1. The van der Waals surface area contributed by atoms with Crippen molar-refractivity contribution in [2.45, 2.75) is 39.0 Å². The quantitative estimate of drug-likeness (QED) is 0.411. The van der Waals surface area contributed by atoms with E-state index in [9.17, 15) is 9.59 Å². The first kappa shape index (κ1) is 23.9. The average Bonchev–Trinajstić information content (AvgIpc) is 3.40. The molecule has 1 saturated heterocycles. The number of halogens is 2. The minimum absolute atomic E-state index is 0. The van der Waals surface area contributed by atoms with Crippen molar-refractivity contribution in [1.29, 1.82) is 0 Å². The Balaban J connectivity index is 0.00000253. The largest absolute Gasteiger partial charge is 0.381 e. The second-order valence-corrected chi connectivity index (χ2v) is 9.68. The van der Waals surface area contributed by atoms with Gasteiger partial charge in [-0.25, -0.2) is 4.98 Å². The van der Waals surface area contributed by atoms with Crippen molar-refractivity contribution in [3.8, 4) is 0 Å². The van der Waals surface area contributed by atoms with E-state index < -0.39 is 0 Å². The average molecular weight is 513 g/mol. The molecule has 35 heavy (non-hydrogen) atoms. The predicted octanol–water partition coefficient (Wildman–Crippen LogP) is 4.96. The minimum atomic E-state index is -0.195. The number of fused-ring (bicyclic) bond motifs is 4. The molecule has 0 spiro atoms. The molecule has 2 aliphatic heterocycles. The molecule has 7 nitrogen and oxygen atoms in total. The van der Waals surface area contributed by atoms with E-state index in [1.807, 2.05) is 48.6 Å².